The number of ether oxygens (including phenoxy) is 2. The second-order valence-electron chi connectivity index (χ2n) is 9.16. The molecule has 6 aromatic rings. The molecule has 0 bridgehead atoms. The molecule has 0 saturated heterocycles. The van der Waals surface area contributed by atoms with Crippen molar-refractivity contribution in [1.82, 2.24) is 35.1 Å². The van der Waals surface area contributed by atoms with Crippen LogP contribution in [0.3, 0.4) is 0 Å². The lowest BCUT2D eigenvalue weighted by molar-refractivity contribution is 0.174. The van der Waals surface area contributed by atoms with Crippen molar-refractivity contribution in [3.05, 3.63) is 61.2 Å². The van der Waals surface area contributed by atoms with Crippen LogP contribution in [0.1, 0.15) is 13.8 Å². The summed E-state index contributed by atoms with van der Waals surface area (Å²) in [4.78, 5) is 22.0. The molecule has 0 aliphatic carbocycles. The minimum atomic E-state index is 0.226. The molecule has 3 N–H and O–H groups in total. The Morgan fingerprint density at radius 2 is 1.73 bits per heavy atom. The summed E-state index contributed by atoms with van der Waals surface area (Å²) >= 11 is 0. The van der Waals surface area contributed by atoms with E-state index in [1.165, 1.54) is 0 Å². The Morgan fingerprint density at radius 1 is 0.838 bits per heavy atom. The summed E-state index contributed by atoms with van der Waals surface area (Å²) in [6.45, 7) is 4.41. The highest BCUT2D eigenvalue weighted by atomic mass is 16.7. The van der Waals surface area contributed by atoms with Gasteiger partial charge in [-0.15, -0.1) is 0 Å². The lowest BCUT2D eigenvalue weighted by Crippen LogP contribution is -2.09. The number of pyridine rings is 3. The van der Waals surface area contributed by atoms with Crippen LogP contribution in [0.2, 0.25) is 0 Å². The van der Waals surface area contributed by atoms with E-state index >= 15 is 0 Å². The van der Waals surface area contributed by atoms with E-state index in [9.17, 15) is 0 Å². The fraction of sp³-hybridized carbons (Fsp3) is 0.148. The average Bonchev–Trinajstić information content (AvgIpc) is 3.65. The van der Waals surface area contributed by atoms with Gasteiger partial charge in [0.1, 0.15) is 5.52 Å². The van der Waals surface area contributed by atoms with E-state index in [4.69, 9.17) is 19.4 Å². The summed E-state index contributed by atoms with van der Waals surface area (Å²) in [5.74, 6) is 2.05. The zero-order valence-corrected chi connectivity index (χ0v) is 20.1. The number of nitrogens with zero attached hydrogens (tertiary/aromatic N) is 5. The maximum Gasteiger partial charge on any atom is 0.231 e. The van der Waals surface area contributed by atoms with Crippen LogP contribution in [0.5, 0.6) is 11.5 Å². The van der Waals surface area contributed by atoms with E-state index in [1.807, 2.05) is 48.8 Å². The minimum absolute atomic E-state index is 0.226. The molecule has 7 rings (SSSR count). The molecule has 0 saturated carbocycles. The van der Waals surface area contributed by atoms with E-state index in [0.717, 1.165) is 55.9 Å². The van der Waals surface area contributed by atoms with Crippen molar-refractivity contribution in [3.63, 3.8) is 0 Å². The summed E-state index contributed by atoms with van der Waals surface area (Å²) in [5, 5.41) is 11.0. The maximum atomic E-state index is 5.56. The molecule has 1 aromatic carbocycles. The van der Waals surface area contributed by atoms with Crippen LogP contribution in [0.25, 0.3) is 56.0 Å². The van der Waals surface area contributed by atoms with Gasteiger partial charge in [0.15, 0.2) is 23.0 Å². The van der Waals surface area contributed by atoms with Gasteiger partial charge in [0.25, 0.3) is 0 Å². The number of fused-ring (bicyclic) bond motifs is 3. The van der Waals surface area contributed by atoms with Crippen LogP contribution in [0, 0.1) is 0 Å². The van der Waals surface area contributed by atoms with E-state index in [0.29, 0.717) is 23.3 Å². The second kappa shape index (κ2) is 8.30. The van der Waals surface area contributed by atoms with Gasteiger partial charge in [-0.25, -0.2) is 9.97 Å². The zero-order valence-electron chi connectivity index (χ0n) is 20.1. The number of benzene rings is 1. The Labute approximate surface area is 211 Å². The summed E-state index contributed by atoms with van der Waals surface area (Å²) in [5.41, 5.74) is 8.24. The first-order valence-electron chi connectivity index (χ1n) is 11.9. The van der Waals surface area contributed by atoms with Gasteiger partial charge in [0.2, 0.25) is 6.79 Å². The van der Waals surface area contributed by atoms with Gasteiger partial charge in [-0.2, -0.15) is 5.10 Å². The number of aromatic amines is 2. The Hall–Kier alpha value is -4.99. The van der Waals surface area contributed by atoms with Crippen molar-refractivity contribution in [2.24, 2.45) is 0 Å². The van der Waals surface area contributed by atoms with E-state index < -0.39 is 0 Å². The minimum Gasteiger partial charge on any atom is -0.454 e. The molecule has 0 atom stereocenters. The van der Waals surface area contributed by atoms with Crippen molar-refractivity contribution >= 4 is 27.8 Å². The molecule has 10 heteroatoms. The molecule has 6 heterocycles. The average molecular weight is 491 g/mol. The third-order valence-electron chi connectivity index (χ3n) is 6.20. The van der Waals surface area contributed by atoms with Crippen LogP contribution in [-0.4, -0.2) is 48.0 Å². The molecule has 37 heavy (non-hydrogen) atoms. The first-order chi connectivity index (χ1) is 18.1. The molecule has 182 valence electrons. The summed E-state index contributed by atoms with van der Waals surface area (Å²) in [7, 11) is 0. The maximum absolute atomic E-state index is 5.56. The smallest absolute Gasteiger partial charge is 0.231 e. The predicted octanol–water partition coefficient (Wildman–Crippen LogP) is 5.17. The molecule has 1 aliphatic heterocycles. The molecular formula is C27H22N8O2. The number of rotatable bonds is 5. The van der Waals surface area contributed by atoms with Gasteiger partial charge in [0, 0.05) is 35.8 Å². The molecule has 10 nitrogen and oxygen atoms in total. The molecule has 0 spiro atoms. The van der Waals surface area contributed by atoms with Gasteiger partial charge in [-0.05, 0) is 49.7 Å². The highest BCUT2D eigenvalue weighted by Crippen LogP contribution is 2.38. The van der Waals surface area contributed by atoms with Gasteiger partial charge in [-0.1, -0.05) is 6.07 Å². The number of nitrogens with one attached hydrogen (secondary N) is 3. The lowest BCUT2D eigenvalue weighted by atomic mass is 10.1. The topological polar surface area (TPSA) is 127 Å². The molecule has 0 radical (unpaired) electrons. The Balaban J connectivity index is 1.31. The fourth-order valence-electron chi connectivity index (χ4n) is 4.54. The summed E-state index contributed by atoms with van der Waals surface area (Å²) in [6.07, 6.45) is 7.18. The van der Waals surface area contributed by atoms with E-state index in [1.54, 1.807) is 12.4 Å². The number of aromatic nitrogens is 7. The molecule has 1 aliphatic rings. The van der Waals surface area contributed by atoms with E-state index in [2.05, 4.69) is 44.3 Å². The Kier molecular flexibility index (Phi) is 4.78. The highest BCUT2D eigenvalue weighted by Gasteiger charge is 2.19. The van der Waals surface area contributed by atoms with Crippen LogP contribution in [0.4, 0.5) is 5.69 Å². The van der Waals surface area contributed by atoms with Crippen molar-refractivity contribution in [2.45, 2.75) is 19.9 Å². The molecule has 0 unspecified atom stereocenters. The Bertz CT molecular complexity index is 1790. The van der Waals surface area contributed by atoms with Crippen molar-refractivity contribution in [1.29, 1.82) is 0 Å². The molecule has 0 amide bonds. The third-order valence-corrected chi connectivity index (χ3v) is 6.20. The first kappa shape index (κ1) is 21.3. The van der Waals surface area contributed by atoms with Crippen molar-refractivity contribution < 1.29 is 9.47 Å². The fourth-order valence-corrected chi connectivity index (χ4v) is 4.54. The van der Waals surface area contributed by atoms with Crippen LogP contribution >= 0.6 is 0 Å². The van der Waals surface area contributed by atoms with Crippen LogP contribution in [0.15, 0.2) is 61.2 Å². The monoisotopic (exact) mass is 490 g/mol. The number of imidazole rings is 1. The van der Waals surface area contributed by atoms with Crippen LogP contribution < -0.4 is 14.8 Å². The van der Waals surface area contributed by atoms with E-state index in [-0.39, 0.29) is 6.79 Å². The van der Waals surface area contributed by atoms with Crippen molar-refractivity contribution in [2.75, 3.05) is 12.1 Å². The predicted molar refractivity (Wildman–Crippen MR) is 140 cm³/mol. The molecule has 5 aromatic heterocycles. The van der Waals surface area contributed by atoms with Crippen LogP contribution in [-0.2, 0) is 0 Å². The number of hydrogen-bond donors (Lipinski definition) is 3. The standard InChI is InChI=1S/C27H22N8O2/c1-14(2)30-17-7-16(9-28-10-17)19-4-5-20-25(31-19)26(35-34-20)27-32-21-12-29-11-18(24(21)33-27)15-3-6-22-23(8-15)37-13-36-22/h3-12,14,30H,13H2,1-2H3,(H,32,33)(H,34,35). The Morgan fingerprint density at radius 3 is 2.65 bits per heavy atom. The van der Waals surface area contributed by atoms with Gasteiger partial charge >= 0.3 is 0 Å². The largest absolute Gasteiger partial charge is 0.454 e. The SMILES string of the molecule is CC(C)Nc1cncc(-c2ccc3[nH]nc(-c4nc5c(-c6ccc7c(c6)OCO7)cncc5[nH]4)c3n2)c1. The number of hydrogen-bond acceptors (Lipinski definition) is 8. The normalized spacial score (nSPS) is 12.6. The van der Waals surface area contributed by atoms with Gasteiger partial charge in [0.05, 0.1) is 34.1 Å². The molecule has 0 fully saturated rings. The molecular weight excluding hydrogens is 468 g/mol. The zero-order chi connectivity index (χ0) is 24.9. The number of H-pyrrole nitrogens is 2. The third kappa shape index (κ3) is 3.70. The van der Waals surface area contributed by atoms with Crippen molar-refractivity contribution in [3.8, 4) is 45.4 Å². The number of anilines is 1. The second-order valence-corrected chi connectivity index (χ2v) is 9.16. The summed E-state index contributed by atoms with van der Waals surface area (Å²) < 4.78 is 11.0. The van der Waals surface area contributed by atoms with Gasteiger partial charge in [-0.3, -0.25) is 15.1 Å². The first-order valence-corrected chi connectivity index (χ1v) is 11.9. The highest BCUT2D eigenvalue weighted by molar-refractivity contribution is 5.96. The van der Waals surface area contributed by atoms with Gasteiger partial charge < -0.3 is 19.8 Å². The lowest BCUT2D eigenvalue weighted by Gasteiger charge is -2.10. The quantitative estimate of drug-likeness (QED) is 0.302. The summed E-state index contributed by atoms with van der Waals surface area (Å²) in [6, 6.07) is 12.1.